The van der Waals surface area contributed by atoms with Gasteiger partial charge in [0.1, 0.15) is 23.1 Å². The predicted octanol–water partition coefficient (Wildman–Crippen LogP) is 3.44. The molecule has 39 heavy (non-hydrogen) atoms. The monoisotopic (exact) mass is 575 g/mol. The lowest BCUT2D eigenvalue weighted by molar-refractivity contribution is -0.119. The summed E-state index contributed by atoms with van der Waals surface area (Å²) >= 11 is 1.24. The van der Waals surface area contributed by atoms with Crippen molar-refractivity contribution in [1.29, 1.82) is 0 Å². The molecule has 2 aromatic rings. The summed E-state index contributed by atoms with van der Waals surface area (Å²) in [4.78, 5) is 32.4. The molecule has 210 valence electrons. The Morgan fingerprint density at radius 3 is 2.46 bits per heavy atom. The van der Waals surface area contributed by atoms with Crippen molar-refractivity contribution in [1.82, 2.24) is 5.32 Å². The second kappa shape index (κ2) is 11.5. The van der Waals surface area contributed by atoms with Crippen LogP contribution >= 0.6 is 11.8 Å². The molecule has 2 saturated heterocycles. The predicted molar refractivity (Wildman–Crippen MR) is 152 cm³/mol. The number of nitrogens with one attached hydrogen (secondary N) is 1. The van der Waals surface area contributed by atoms with Crippen LogP contribution in [-0.2, 0) is 25.8 Å². The second-order valence-corrected chi connectivity index (χ2v) is 13.7. The third kappa shape index (κ3) is 7.04. The number of amides is 2. The van der Waals surface area contributed by atoms with E-state index in [1.165, 1.54) is 26.0 Å². The first-order valence-corrected chi connectivity index (χ1v) is 15.1. The molecule has 2 aliphatic heterocycles. The van der Waals surface area contributed by atoms with Gasteiger partial charge < -0.3 is 24.4 Å². The van der Waals surface area contributed by atoms with Crippen LogP contribution in [0, 0.1) is 0 Å². The normalized spacial score (nSPS) is 21.8. The Balaban J connectivity index is 1.70. The van der Waals surface area contributed by atoms with E-state index in [4.69, 9.17) is 14.2 Å². The van der Waals surface area contributed by atoms with Crippen LogP contribution in [0.3, 0.4) is 0 Å². The quantitative estimate of drug-likeness (QED) is 0.529. The van der Waals surface area contributed by atoms with Crippen molar-refractivity contribution in [2.45, 2.75) is 50.1 Å². The first kappa shape index (κ1) is 28.8. The number of carbonyl (C=O) groups excluding carboxylic acids is 2. The van der Waals surface area contributed by atoms with E-state index in [0.29, 0.717) is 22.4 Å². The summed E-state index contributed by atoms with van der Waals surface area (Å²) in [6.45, 7) is 5.22. The number of carbonyl (C=O) groups is 2. The Kier molecular flexibility index (Phi) is 8.45. The molecule has 0 bridgehead atoms. The number of rotatable bonds is 7. The average molecular weight is 576 g/mol. The zero-order chi connectivity index (χ0) is 28.4. The van der Waals surface area contributed by atoms with Crippen LogP contribution in [0.5, 0.6) is 11.5 Å². The highest BCUT2D eigenvalue weighted by molar-refractivity contribution is 8.16. The van der Waals surface area contributed by atoms with E-state index in [0.717, 1.165) is 5.56 Å². The van der Waals surface area contributed by atoms with Crippen molar-refractivity contribution >= 4 is 44.5 Å². The summed E-state index contributed by atoms with van der Waals surface area (Å²) in [5.74, 6) is 0.350. The molecule has 2 amide bonds. The lowest BCUT2D eigenvalue weighted by atomic mass is 10.1. The number of amidine groups is 1. The van der Waals surface area contributed by atoms with E-state index < -0.39 is 39.5 Å². The molecular weight excluding hydrogens is 542 g/mol. The molecule has 3 atom stereocenters. The number of thioether (sulfide) groups is 1. The number of ether oxygens (including phenoxy) is 3. The Bertz CT molecular complexity index is 1360. The maximum atomic E-state index is 13.6. The van der Waals surface area contributed by atoms with Gasteiger partial charge in [0.15, 0.2) is 15.0 Å². The first-order valence-electron chi connectivity index (χ1n) is 12.4. The Morgan fingerprint density at radius 2 is 1.82 bits per heavy atom. The Labute approximate surface area is 233 Å². The molecule has 10 nitrogen and oxygen atoms in total. The van der Waals surface area contributed by atoms with Crippen LogP contribution in [0.15, 0.2) is 53.5 Å². The standard InChI is InChI=1S/C27H33N3O7S2/c1-27(2,3)37-26(32)28-19(13-17-9-7-6-8-10-17)24(31)29-25-30(21-15-39(33,34)16-23(21)38-25)20-12-11-18(35-4)14-22(20)36-5/h6-12,14,19,21,23H,13,15-16H2,1-5H3,(H,28,32). The number of hydrogen-bond acceptors (Lipinski definition) is 8. The molecule has 2 aromatic carbocycles. The van der Waals surface area contributed by atoms with E-state index >= 15 is 0 Å². The number of fused-ring (bicyclic) bond motifs is 1. The lowest BCUT2D eigenvalue weighted by Gasteiger charge is -2.27. The zero-order valence-corrected chi connectivity index (χ0v) is 24.2. The number of alkyl carbamates (subject to hydrolysis) is 1. The Hall–Kier alpha value is -3.25. The molecule has 2 heterocycles. The molecule has 0 radical (unpaired) electrons. The highest BCUT2D eigenvalue weighted by atomic mass is 32.2. The summed E-state index contributed by atoms with van der Waals surface area (Å²) in [7, 11) is -0.218. The number of aliphatic imine (C=N–C) groups is 1. The largest absolute Gasteiger partial charge is 0.497 e. The van der Waals surface area contributed by atoms with E-state index in [-0.39, 0.29) is 23.2 Å². The van der Waals surface area contributed by atoms with Gasteiger partial charge in [-0.1, -0.05) is 42.1 Å². The van der Waals surface area contributed by atoms with Crippen LogP contribution in [0.2, 0.25) is 0 Å². The van der Waals surface area contributed by atoms with Gasteiger partial charge in [-0.15, -0.1) is 0 Å². The van der Waals surface area contributed by atoms with Crippen LogP contribution in [0.1, 0.15) is 26.3 Å². The number of hydrogen-bond donors (Lipinski definition) is 1. The molecule has 2 aliphatic rings. The van der Waals surface area contributed by atoms with Gasteiger partial charge in [0.25, 0.3) is 5.91 Å². The Morgan fingerprint density at radius 1 is 1.10 bits per heavy atom. The topological polar surface area (TPSA) is 124 Å². The number of methoxy groups -OCH3 is 2. The fraction of sp³-hybridized carbons (Fsp3) is 0.444. The van der Waals surface area contributed by atoms with Crippen LogP contribution in [0.25, 0.3) is 0 Å². The number of benzene rings is 2. The molecule has 2 fully saturated rings. The van der Waals surface area contributed by atoms with Crippen molar-refractivity contribution in [2.75, 3.05) is 30.6 Å². The van der Waals surface area contributed by atoms with E-state index in [1.807, 2.05) is 30.3 Å². The second-order valence-electron chi connectivity index (χ2n) is 10.3. The van der Waals surface area contributed by atoms with Gasteiger partial charge in [-0.05, 0) is 38.5 Å². The lowest BCUT2D eigenvalue weighted by Crippen LogP contribution is -2.45. The number of nitrogens with zero attached hydrogens (tertiary/aromatic N) is 2. The minimum absolute atomic E-state index is 0.0197. The van der Waals surface area contributed by atoms with Gasteiger partial charge in [-0.2, -0.15) is 4.99 Å². The molecule has 0 saturated carbocycles. The number of anilines is 1. The van der Waals surface area contributed by atoms with Crippen LogP contribution in [0.4, 0.5) is 10.5 Å². The first-order chi connectivity index (χ1) is 18.4. The van der Waals surface area contributed by atoms with Gasteiger partial charge in [0.05, 0.1) is 37.5 Å². The summed E-state index contributed by atoms with van der Waals surface area (Å²) < 4.78 is 41.3. The SMILES string of the molecule is COc1ccc(N2C(=NC(=O)C(Cc3ccccc3)NC(=O)OC(C)(C)C)SC3CS(=O)(=O)CC32)c(OC)c1. The molecule has 0 aliphatic carbocycles. The van der Waals surface area contributed by atoms with Crippen molar-refractivity contribution in [3.05, 3.63) is 54.1 Å². The molecule has 1 N–H and O–H groups in total. The average Bonchev–Trinajstić information content (AvgIpc) is 3.33. The fourth-order valence-corrected chi connectivity index (χ4v) is 8.41. The summed E-state index contributed by atoms with van der Waals surface area (Å²) in [6, 6.07) is 13.0. The van der Waals surface area contributed by atoms with Gasteiger partial charge >= 0.3 is 6.09 Å². The maximum absolute atomic E-state index is 13.6. The molecule has 3 unspecified atom stereocenters. The molecule has 0 spiro atoms. The van der Waals surface area contributed by atoms with Gasteiger partial charge in [-0.3, -0.25) is 4.79 Å². The summed E-state index contributed by atoms with van der Waals surface area (Å²) in [6.07, 6.45) is -0.527. The summed E-state index contributed by atoms with van der Waals surface area (Å²) in [5, 5.41) is 2.71. The smallest absolute Gasteiger partial charge is 0.408 e. The fourth-order valence-electron chi connectivity index (χ4n) is 4.50. The highest BCUT2D eigenvalue weighted by Gasteiger charge is 2.50. The summed E-state index contributed by atoms with van der Waals surface area (Å²) in [5.41, 5.74) is 0.659. The van der Waals surface area contributed by atoms with Gasteiger partial charge in [-0.25, -0.2) is 13.2 Å². The third-order valence-corrected chi connectivity index (χ3v) is 9.40. The molecular formula is C27H33N3O7S2. The molecule has 4 rings (SSSR count). The molecule has 0 aromatic heterocycles. The van der Waals surface area contributed by atoms with E-state index in [2.05, 4.69) is 10.3 Å². The van der Waals surface area contributed by atoms with Gasteiger partial charge in [0.2, 0.25) is 0 Å². The third-order valence-electron chi connectivity index (χ3n) is 6.19. The van der Waals surface area contributed by atoms with Crippen LogP contribution < -0.4 is 19.7 Å². The van der Waals surface area contributed by atoms with Crippen molar-refractivity contribution in [2.24, 2.45) is 4.99 Å². The van der Waals surface area contributed by atoms with Crippen LogP contribution in [-0.4, -0.2) is 74.2 Å². The van der Waals surface area contributed by atoms with E-state index in [9.17, 15) is 18.0 Å². The number of sulfone groups is 1. The minimum atomic E-state index is -3.26. The minimum Gasteiger partial charge on any atom is -0.497 e. The van der Waals surface area contributed by atoms with E-state index in [1.54, 1.807) is 43.9 Å². The van der Waals surface area contributed by atoms with Crippen molar-refractivity contribution < 1.29 is 32.2 Å². The molecule has 12 heteroatoms. The van der Waals surface area contributed by atoms with Crippen molar-refractivity contribution in [3.63, 3.8) is 0 Å². The zero-order valence-electron chi connectivity index (χ0n) is 22.5. The highest BCUT2D eigenvalue weighted by Crippen LogP contribution is 2.44. The van der Waals surface area contributed by atoms with Gasteiger partial charge in [0, 0.05) is 17.7 Å². The maximum Gasteiger partial charge on any atom is 0.408 e. The van der Waals surface area contributed by atoms with Crippen molar-refractivity contribution in [3.8, 4) is 11.5 Å².